The second kappa shape index (κ2) is 10.1. The van der Waals surface area contributed by atoms with Crippen LogP contribution in [0.25, 0.3) is 0 Å². The summed E-state index contributed by atoms with van der Waals surface area (Å²) < 4.78 is 4.86. The van der Waals surface area contributed by atoms with Crippen LogP contribution in [0, 0.1) is 0 Å². The number of esters is 1. The minimum atomic E-state index is -0.334. The van der Waals surface area contributed by atoms with Crippen molar-refractivity contribution in [2.45, 2.75) is 13.8 Å². The Kier molecular flexibility index (Phi) is 9.73. The molecule has 0 amide bonds. The number of hydrogen-bond acceptors (Lipinski definition) is 4. The topological polar surface area (TPSA) is 29.5 Å². The molecule has 0 aromatic rings. The Hall–Kier alpha value is -0.480. The number of hydrogen-bond donors (Lipinski definition) is 0. The van der Waals surface area contributed by atoms with Gasteiger partial charge < -0.3 is 9.64 Å². The van der Waals surface area contributed by atoms with Crippen molar-refractivity contribution in [3.05, 3.63) is 12.7 Å². The van der Waals surface area contributed by atoms with Crippen molar-refractivity contribution in [3.63, 3.8) is 0 Å². The van der Waals surface area contributed by atoms with Crippen molar-refractivity contribution >= 4 is 17.7 Å². The van der Waals surface area contributed by atoms with Gasteiger partial charge in [-0.25, -0.2) is 4.79 Å². The molecule has 15 heavy (non-hydrogen) atoms. The highest BCUT2D eigenvalue weighted by atomic mass is 32.2. The summed E-state index contributed by atoms with van der Waals surface area (Å²) in [7, 11) is 0. The number of rotatable bonds is 9. The molecule has 0 radical (unpaired) electrons. The van der Waals surface area contributed by atoms with Crippen molar-refractivity contribution < 1.29 is 9.53 Å². The van der Waals surface area contributed by atoms with Gasteiger partial charge in [-0.3, -0.25) is 0 Å². The molecule has 0 aromatic carbocycles. The van der Waals surface area contributed by atoms with E-state index in [1.807, 2.05) is 11.8 Å². The molecule has 3 nitrogen and oxygen atoms in total. The molecule has 0 aliphatic heterocycles. The maximum atomic E-state index is 10.7. The quantitative estimate of drug-likeness (QED) is 0.344. The summed E-state index contributed by atoms with van der Waals surface area (Å²) >= 11 is 1.81. The Labute approximate surface area is 96.9 Å². The molecule has 0 aromatic heterocycles. The summed E-state index contributed by atoms with van der Waals surface area (Å²) in [5.41, 5.74) is 0. The third kappa shape index (κ3) is 8.51. The summed E-state index contributed by atoms with van der Waals surface area (Å²) in [6.45, 7) is 11.4. The van der Waals surface area contributed by atoms with Gasteiger partial charge in [-0.1, -0.05) is 20.4 Å². The van der Waals surface area contributed by atoms with Crippen LogP contribution in [0.5, 0.6) is 0 Å². The lowest BCUT2D eigenvalue weighted by Gasteiger charge is -2.17. The molecule has 0 aliphatic carbocycles. The highest BCUT2D eigenvalue weighted by Gasteiger charge is 1.99. The normalized spacial score (nSPS) is 10.3. The summed E-state index contributed by atoms with van der Waals surface area (Å²) in [4.78, 5) is 13.1. The van der Waals surface area contributed by atoms with Gasteiger partial charge in [0.25, 0.3) is 0 Å². The summed E-state index contributed by atoms with van der Waals surface area (Å²) in [5, 5.41) is 0. The summed E-state index contributed by atoms with van der Waals surface area (Å²) in [6, 6.07) is 0. The molecule has 88 valence electrons. The van der Waals surface area contributed by atoms with E-state index in [2.05, 4.69) is 25.3 Å². The first-order valence-corrected chi connectivity index (χ1v) is 6.49. The molecule has 0 unspecified atom stereocenters. The molecule has 4 heteroatoms. The fourth-order valence-corrected chi connectivity index (χ4v) is 1.89. The van der Waals surface area contributed by atoms with Gasteiger partial charge in [0, 0.05) is 24.1 Å². The van der Waals surface area contributed by atoms with E-state index in [1.54, 1.807) is 0 Å². The van der Waals surface area contributed by atoms with Crippen molar-refractivity contribution in [1.82, 2.24) is 4.90 Å². The summed E-state index contributed by atoms with van der Waals surface area (Å²) in [6.07, 6.45) is 1.20. The van der Waals surface area contributed by atoms with Gasteiger partial charge in [0.2, 0.25) is 0 Å². The van der Waals surface area contributed by atoms with E-state index in [9.17, 15) is 4.79 Å². The molecule has 0 saturated carbocycles. The molecule has 0 rings (SSSR count). The number of nitrogens with zero attached hydrogens (tertiary/aromatic N) is 1. The fraction of sp³-hybridized carbons (Fsp3) is 0.727. The Morgan fingerprint density at radius 2 is 2.07 bits per heavy atom. The zero-order valence-electron chi connectivity index (χ0n) is 9.70. The van der Waals surface area contributed by atoms with E-state index in [1.165, 1.54) is 6.08 Å². The van der Waals surface area contributed by atoms with Crippen LogP contribution >= 0.6 is 11.8 Å². The van der Waals surface area contributed by atoms with Gasteiger partial charge in [0.1, 0.15) is 6.61 Å². The third-order valence-corrected chi connectivity index (χ3v) is 3.01. The zero-order chi connectivity index (χ0) is 11.5. The van der Waals surface area contributed by atoms with Crippen LogP contribution in [-0.4, -0.2) is 48.6 Å². The van der Waals surface area contributed by atoms with E-state index < -0.39 is 0 Å². The van der Waals surface area contributed by atoms with Gasteiger partial charge in [-0.15, -0.1) is 0 Å². The number of thioether (sulfide) groups is 1. The lowest BCUT2D eigenvalue weighted by Crippen LogP contribution is -2.25. The average Bonchev–Trinajstić information content (AvgIpc) is 2.28. The van der Waals surface area contributed by atoms with Gasteiger partial charge in [0.05, 0.1) is 0 Å². The Morgan fingerprint density at radius 3 is 2.60 bits per heavy atom. The average molecular weight is 231 g/mol. The zero-order valence-corrected chi connectivity index (χ0v) is 10.5. The predicted octanol–water partition coefficient (Wildman–Crippen LogP) is 1.79. The lowest BCUT2D eigenvalue weighted by atomic mass is 10.5. The second-order valence-corrected chi connectivity index (χ2v) is 4.24. The lowest BCUT2D eigenvalue weighted by molar-refractivity contribution is -0.137. The molecule has 0 bridgehead atoms. The monoisotopic (exact) mass is 231 g/mol. The first kappa shape index (κ1) is 14.5. The van der Waals surface area contributed by atoms with Crippen LogP contribution in [0.1, 0.15) is 13.8 Å². The van der Waals surface area contributed by atoms with Crippen LogP contribution in [0.4, 0.5) is 0 Å². The van der Waals surface area contributed by atoms with Crippen LogP contribution in [0.3, 0.4) is 0 Å². The first-order valence-electron chi connectivity index (χ1n) is 5.33. The van der Waals surface area contributed by atoms with Gasteiger partial charge in [0.15, 0.2) is 0 Å². The molecule has 0 spiro atoms. The molecular formula is C11H21NO2S. The van der Waals surface area contributed by atoms with Gasteiger partial charge in [-0.2, -0.15) is 11.8 Å². The van der Waals surface area contributed by atoms with Crippen molar-refractivity contribution in [3.8, 4) is 0 Å². The van der Waals surface area contributed by atoms with Gasteiger partial charge >= 0.3 is 5.97 Å². The van der Waals surface area contributed by atoms with Crippen LogP contribution < -0.4 is 0 Å². The van der Waals surface area contributed by atoms with E-state index in [0.717, 1.165) is 31.1 Å². The van der Waals surface area contributed by atoms with Crippen molar-refractivity contribution in [1.29, 1.82) is 0 Å². The SMILES string of the molecule is C=CC(=O)OCCSCCN(CC)CC. The second-order valence-electron chi connectivity index (χ2n) is 3.01. The minimum Gasteiger partial charge on any atom is -0.462 e. The maximum Gasteiger partial charge on any atom is 0.330 e. The largest absolute Gasteiger partial charge is 0.462 e. The van der Waals surface area contributed by atoms with Gasteiger partial charge in [-0.05, 0) is 13.1 Å². The van der Waals surface area contributed by atoms with E-state index >= 15 is 0 Å². The molecule has 0 N–H and O–H groups in total. The molecule has 0 aliphatic rings. The highest BCUT2D eigenvalue weighted by Crippen LogP contribution is 2.01. The van der Waals surface area contributed by atoms with Crippen molar-refractivity contribution in [2.24, 2.45) is 0 Å². The molecule has 0 saturated heterocycles. The van der Waals surface area contributed by atoms with Crippen LogP contribution in [0.2, 0.25) is 0 Å². The number of carbonyl (C=O) groups excluding carboxylic acids is 1. The maximum absolute atomic E-state index is 10.7. The number of ether oxygens (including phenoxy) is 1. The highest BCUT2D eigenvalue weighted by molar-refractivity contribution is 7.99. The fourth-order valence-electron chi connectivity index (χ4n) is 1.10. The molecule has 0 fully saturated rings. The first-order chi connectivity index (χ1) is 7.24. The number of carbonyl (C=O) groups is 1. The Balaban J connectivity index is 3.24. The third-order valence-electron chi connectivity index (χ3n) is 2.08. The summed E-state index contributed by atoms with van der Waals surface area (Å²) in [5.74, 6) is 1.62. The smallest absolute Gasteiger partial charge is 0.330 e. The van der Waals surface area contributed by atoms with Crippen LogP contribution in [0.15, 0.2) is 12.7 Å². The molecular weight excluding hydrogens is 210 g/mol. The van der Waals surface area contributed by atoms with E-state index in [-0.39, 0.29) is 5.97 Å². The molecule has 0 atom stereocenters. The van der Waals surface area contributed by atoms with Crippen molar-refractivity contribution in [2.75, 3.05) is 37.7 Å². The van der Waals surface area contributed by atoms with E-state index in [0.29, 0.717) is 6.61 Å². The molecule has 0 heterocycles. The standard InChI is InChI=1S/C11H21NO2S/c1-4-11(13)14-8-10-15-9-7-12(5-2)6-3/h4H,1,5-10H2,2-3H3. The predicted molar refractivity (Wildman–Crippen MR) is 66.3 cm³/mol. The van der Waals surface area contributed by atoms with Crippen LogP contribution in [-0.2, 0) is 9.53 Å². The van der Waals surface area contributed by atoms with E-state index in [4.69, 9.17) is 4.74 Å². The minimum absolute atomic E-state index is 0.334. The Morgan fingerprint density at radius 1 is 1.40 bits per heavy atom. The Bertz CT molecular complexity index is 181.